The van der Waals surface area contributed by atoms with Crippen LogP contribution in [-0.2, 0) is 11.3 Å². The van der Waals surface area contributed by atoms with Crippen LogP contribution in [0, 0.1) is 11.7 Å². The average Bonchev–Trinajstić information content (AvgIpc) is 2.90. The van der Waals surface area contributed by atoms with Crippen molar-refractivity contribution in [1.82, 2.24) is 25.5 Å². The topological polar surface area (TPSA) is 72.7 Å². The van der Waals surface area contributed by atoms with Gasteiger partial charge in [-0.05, 0) is 34.0 Å². The van der Waals surface area contributed by atoms with Gasteiger partial charge in [-0.15, -0.1) is 5.10 Å². The van der Waals surface area contributed by atoms with E-state index < -0.39 is 0 Å². The Morgan fingerprint density at radius 3 is 2.60 bits per heavy atom. The molecule has 0 saturated carbocycles. The molecule has 0 bridgehead atoms. The van der Waals surface area contributed by atoms with E-state index in [1.165, 1.54) is 23.1 Å². The first-order valence-electron chi connectivity index (χ1n) is 6.32. The predicted octanol–water partition coefficient (Wildman–Crippen LogP) is 1.33. The molecular formula is C13H16FN5O. The first kappa shape index (κ1) is 14.1. The summed E-state index contributed by atoms with van der Waals surface area (Å²) < 4.78 is 14.3. The van der Waals surface area contributed by atoms with Crippen molar-refractivity contribution in [1.29, 1.82) is 0 Å². The van der Waals surface area contributed by atoms with Gasteiger partial charge in [0.05, 0.1) is 6.04 Å². The van der Waals surface area contributed by atoms with E-state index in [1.807, 2.05) is 13.8 Å². The fraction of sp³-hybridized carbons (Fsp3) is 0.385. The molecular weight excluding hydrogens is 261 g/mol. The molecule has 1 aromatic heterocycles. The highest BCUT2D eigenvalue weighted by atomic mass is 19.1. The lowest BCUT2D eigenvalue weighted by atomic mass is 9.96. The Balaban J connectivity index is 2.05. The molecule has 1 aromatic carbocycles. The number of hydrogen-bond donors (Lipinski definition) is 1. The Kier molecular flexibility index (Phi) is 4.39. The number of benzene rings is 1. The number of hydrogen-bond acceptors (Lipinski definition) is 4. The van der Waals surface area contributed by atoms with Gasteiger partial charge in [-0.25, -0.2) is 9.07 Å². The number of carbonyl (C=O) groups is 1. The van der Waals surface area contributed by atoms with Crippen molar-refractivity contribution in [3.63, 3.8) is 0 Å². The molecule has 0 fully saturated rings. The maximum atomic E-state index is 13.0. The average molecular weight is 277 g/mol. The molecule has 2 rings (SSSR count). The molecule has 106 valence electrons. The van der Waals surface area contributed by atoms with Gasteiger partial charge >= 0.3 is 0 Å². The minimum absolute atomic E-state index is 0.0530. The van der Waals surface area contributed by atoms with Crippen LogP contribution in [0.5, 0.6) is 0 Å². The number of halogens is 1. The van der Waals surface area contributed by atoms with Crippen molar-refractivity contribution in [2.45, 2.75) is 26.4 Å². The minimum atomic E-state index is -0.295. The third-order valence-electron chi connectivity index (χ3n) is 2.91. The molecule has 0 aliphatic heterocycles. The lowest BCUT2D eigenvalue weighted by Crippen LogP contribution is -2.34. The number of aromatic nitrogens is 4. The monoisotopic (exact) mass is 277 g/mol. The SMILES string of the molecule is CC(C)C(NC(=O)Cn1cnnn1)c1ccc(F)cc1. The van der Waals surface area contributed by atoms with Crippen molar-refractivity contribution in [2.24, 2.45) is 5.92 Å². The number of rotatable bonds is 5. The molecule has 1 atom stereocenters. The van der Waals surface area contributed by atoms with E-state index in [4.69, 9.17) is 0 Å². The van der Waals surface area contributed by atoms with Crippen molar-refractivity contribution < 1.29 is 9.18 Å². The number of carbonyl (C=O) groups excluding carboxylic acids is 1. The van der Waals surface area contributed by atoms with Gasteiger partial charge in [-0.3, -0.25) is 4.79 Å². The summed E-state index contributed by atoms with van der Waals surface area (Å²) in [5.41, 5.74) is 0.867. The molecule has 1 N–H and O–H groups in total. The zero-order valence-corrected chi connectivity index (χ0v) is 11.3. The Hall–Kier alpha value is -2.31. The van der Waals surface area contributed by atoms with Gasteiger partial charge in [-0.1, -0.05) is 26.0 Å². The van der Waals surface area contributed by atoms with Gasteiger partial charge in [-0.2, -0.15) is 0 Å². The quantitative estimate of drug-likeness (QED) is 0.894. The maximum absolute atomic E-state index is 13.0. The van der Waals surface area contributed by atoms with Gasteiger partial charge in [0, 0.05) is 0 Å². The first-order valence-corrected chi connectivity index (χ1v) is 6.32. The lowest BCUT2D eigenvalue weighted by Gasteiger charge is -2.22. The van der Waals surface area contributed by atoms with E-state index in [0.717, 1.165) is 5.56 Å². The maximum Gasteiger partial charge on any atom is 0.242 e. The minimum Gasteiger partial charge on any atom is -0.347 e. The standard InChI is InChI=1S/C13H16FN5O/c1-9(2)13(10-3-5-11(14)6-4-10)16-12(20)7-19-8-15-17-18-19/h3-6,8-9,13H,7H2,1-2H3,(H,16,20). The van der Waals surface area contributed by atoms with Gasteiger partial charge in [0.1, 0.15) is 18.7 Å². The normalized spacial score (nSPS) is 12.4. The molecule has 0 aliphatic rings. The molecule has 6 nitrogen and oxygen atoms in total. The van der Waals surface area contributed by atoms with Crippen LogP contribution < -0.4 is 5.32 Å². The van der Waals surface area contributed by atoms with E-state index in [1.54, 1.807) is 12.1 Å². The number of nitrogens with zero attached hydrogens (tertiary/aromatic N) is 4. The highest BCUT2D eigenvalue weighted by Gasteiger charge is 2.18. The zero-order valence-electron chi connectivity index (χ0n) is 11.3. The zero-order chi connectivity index (χ0) is 14.5. The predicted molar refractivity (Wildman–Crippen MR) is 69.9 cm³/mol. The summed E-state index contributed by atoms with van der Waals surface area (Å²) in [5.74, 6) is -0.310. The summed E-state index contributed by atoms with van der Waals surface area (Å²) in [6.45, 7) is 4.04. The van der Waals surface area contributed by atoms with Crippen molar-refractivity contribution >= 4 is 5.91 Å². The molecule has 0 radical (unpaired) electrons. The van der Waals surface area contributed by atoms with Crippen LogP contribution in [-0.4, -0.2) is 26.1 Å². The molecule has 0 spiro atoms. The molecule has 20 heavy (non-hydrogen) atoms. The van der Waals surface area contributed by atoms with E-state index in [0.29, 0.717) is 0 Å². The summed E-state index contributed by atoms with van der Waals surface area (Å²) in [5, 5.41) is 13.5. The Morgan fingerprint density at radius 2 is 2.05 bits per heavy atom. The summed E-state index contributed by atoms with van der Waals surface area (Å²) >= 11 is 0. The summed E-state index contributed by atoms with van der Waals surface area (Å²) in [4.78, 5) is 12.0. The van der Waals surface area contributed by atoms with E-state index in [2.05, 4.69) is 20.8 Å². The second kappa shape index (κ2) is 6.23. The molecule has 7 heteroatoms. The third kappa shape index (κ3) is 3.59. The van der Waals surface area contributed by atoms with E-state index >= 15 is 0 Å². The number of amides is 1. The van der Waals surface area contributed by atoms with Crippen LogP contribution in [0.1, 0.15) is 25.5 Å². The van der Waals surface area contributed by atoms with Crippen LogP contribution >= 0.6 is 0 Å². The second-order valence-electron chi connectivity index (χ2n) is 4.85. The Bertz CT molecular complexity index is 553. The van der Waals surface area contributed by atoms with Crippen molar-refractivity contribution in [3.05, 3.63) is 42.0 Å². The highest BCUT2D eigenvalue weighted by molar-refractivity contribution is 5.76. The number of nitrogens with one attached hydrogen (secondary N) is 1. The number of tetrazole rings is 1. The second-order valence-corrected chi connectivity index (χ2v) is 4.85. The van der Waals surface area contributed by atoms with Gasteiger partial charge in [0.25, 0.3) is 0 Å². The fourth-order valence-corrected chi connectivity index (χ4v) is 1.92. The van der Waals surface area contributed by atoms with Crippen LogP contribution in [0.2, 0.25) is 0 Å². The summed E-state index contributed by atoms with van der Waals surface area (Å²) in [6.07, 6.45) is 1.38. The molecule has 0 aliphatic carbocycles. The Morgan fingerprint density at radius 1 is 1.35 bits per heavy atom. The van der Waals surface area contributed by atoms with Crippen LogP contribution in [0.4, 0.5) is 4.39 Å². The third-order valence-corrected chi connectivity index (χ3v) is 2.91. The molecule has 2 aromatic rings. The fourth-order valence-electron chi connectivity index (χ4n) is 1.92. The van der Waals surface area contributed by atoms with Crippen molar-refractivity contribution in [3.8, 4) is 0 Å². The molecule has 0 saturated heterocycles. The van der Waals surface area contributed by atoms with Crippen LogP contribution in [0.15, 0.2) is 30.6 Å². The molecule has 1 heterocycles. The van der Waals surface area contributed by atoms with E-state index in [9.17, 15) is 9.18 Å². The van der Waals surface area contributed by atoms with Gasteiger partial charge < -0.3 is 5.32 Å². The highest BCUT2D eigenvalue weighted by Crippen LogP contribution is 2.21. The van der Waals surface area contributed by atoms with E-state index in [-0.39, 0.29) is 30.2 Å². The Labute approximate surface area is 116 Å². The van der Waals surface area contributed by atoms with Gasteiger partial charge in [0.2, 0.25) is 5.91 Å². The van der Waals surface area contributed by atoms with Crippen LogP contribution in [0.25, 0.3) is 0 Å². The van der Waals surface area contributed by atoms with Crippen LogP contribution in [0.3, 0.4) is 0 Å². The largest absolute Gasteiger partial charge is 0.347 e. The molecule has 1 amide bonds. The lowest BCUT2D eigenvalue weighted by molar-refractivity contribution is -0.123. The molecule has 1 unspecified atom stereocenters. The summed E-state index contributed by atoms with van der Waals surface area (Å²) in [7, 11) is 0. The van der Waals surface area contributed by atoms with Crippen molar-refractivity contribution in [2.75, 3.05) is 0 Å². The summed E-state index contributed by atoms with van der Waals surface area (Å²) in [6, 6.07) is 5.95. The van der Waals surface area contributed by atoms with Gasteiger partial charge in [0.15, 0.2) is 0 Å². The smallest absolute Gasteiger partial charge is 0.242 e. The first-order chi connectivity index (χ1) is 9.56.